The van der Waals surface area contributed by atoms with Crippen LogP contribution in [0.2, 0.25) is 5.02 Å². The van der Waals surface area contributed by atoms with Gasteiger partial charge in [-0.3, -0.25) is 9.89 Å². The van der Waals surface area contributed by atoms with Crippen LogP contribution in [-0.2, 0) is 19.4 Å². The molecule has 1 aliphatic rings. The number of carbonyl (C=O) groups excluding carboxylic acids is 1. The van der Waals surface area contributed by atoms with Crippen LogP contribution in [0.3, 0.4) is 0 Å². The van der Waals surface area contributed by atoms with Gasteiger partial charge in [0.05, 0.1) is 17.3 Å². The van der Waals surface area contributed by atoms with E-state index in [2.05, 4.69) is 15.5 Å². The molecule has 0 spiro atoms. The van der Waals surface area contributed by atoms with Gasteiger partial charge < -0.3 is 9.73 Å². The number of nitrogens with zero attached hydrogens (tertiary/aromatic N) is 1. The molecule has 1 aromatic carbocycles. The van der Waals surface area contributed by atoms with E-state index in [9.17, 15) is 4.79 Å². The summed E-state index contributed by atoms with van der Waals surface area (Å²) in [4.78, 5) is 12.5. The highest BCUT2D eigenvalue weighted by molar-refractivity contribution is 6.35. The maximum Gasteiger partial charge on any atom is 0.287 e. The van der Waals surface area contributed by atoms with Crippen molar-refractivity contribution in [2.24, 2.45) is 0 Å². The molecule has 0 fully saturated rings. The number of hydrogen-bond donors (Lipinski definition) is 2. The molecular formula is C18H18ClN3O2. The molecule has 0 unspecified atom stereocenters. The summed E-state index contributed by atoms with van der Waals surface area (Å²) in [5.74, 6) is 0.0665. The number of aromatic amines is 1. The average molecular weight is 344 g/mol. The van der Waals surface area contributed by atoms with Crippen molar-refractivity contribution in [3.63, 3.8) is 0 Å². The Morgan fingerprint density at radius 2 is 2.21 bits per heavy atom. The molecule has 24 heavy (non-hydrogen) atoms. The summed E-state index contributed by atoms with van der Waals surface area (Å²) < 4.78 is 5.74. The lowest BCUT2D eigenvalue weighted by atomic mass is 10.1. The third-order valence-corrected chi connectivity index (χ3v) is 4.93. The van der Waals surface area contributed by atoms with Crippen LogP contribution in [0.15, 0.2) is 16.5 Å². The number of hydrogen-bond acceptors (Lipinski definition) is 3. The Hall–Kier alpha value is -2.27. The van der Waals surface area contributed by atoms with E-state index in [1.165, 1.54) is 11.3 Å². The Morgan fingerprint density at radius 1 is 1.38 bits per heavy atom. The number of nitrogens with one attached hydrogen (secondary N) is 2. The second-order valence-electron chi connectivity index (χ2n) is 6.34. The number of carbonyl (C=O) groups is 1. The van der Waals surface area contributed by atoms with E-state index in [4.69, 9.17) is 16.0 Å². The molecule has 6 heteroatoms. The molecule has 0 aliphatic heterocycles. The quantitative estimate of drug-likeness (QED) is 0.759. The predicted molar refractivity (Wildman–Crippen MR) is 92.5 cm³/mol. The first-order valence-electron chi connectivity index (χ1n) is 8.07. The van der Waals surface area contributed by atoms with E-state index < -0.39 is 0 Å². The zero-order valence-electron chi connectivity index (χ0n) is 13.6. The Bertz CT molecular complexity index is 955. The molecule has 0 atom stereocenters. The number of rotatable bonds is 3. The number of aromatic nitrogens is 2. The van der Waals surface area contributed by atoms with Crippen molar-refractivity contribution in [2.45, 2.75) is 39.7 Å². The highest BCUT2D eigenvalue weighted by Crippen LogP contribution is 2.32. The molecule has 0 bridgehead atoms. The molecule has 124 valence electrons. The lowest BCUT2D eigenvalue weighted by molar-refractivity contribution is 0.0924. The maximum absolute atomic E-state index is 12.5. The van der Waals surface area contributed by atoms with Gasteiger partial charge in [0.2, 0.25) is 0 Å². The normalized spacial score (nSPS) is 13.5. The minimum absolute atomic E-state index is 0.243. The molecule has 0 saturated carbocycles. The predicted octanol–water partition coefficient (Wildman–Crippen LogP) is 3.84. The zero-order chi connectivity index (χ0) is 16.8. The lowest BCUT2D eigenvalue weighted by Crippen LogP contribution is -2.23. The second kappa shape index (κ2) is 5.67. The fourth-order valence-electron chi connectivity index (χ4n) is 3.41. The van der Waals surface area contributed by atoms with Gasteiger partial charge in [-0.1, -0.05) is 11.6 Å². The van der Waals surface area contributed by atoms with Crippen molar-refractivity contribution in [2.75, 3.05) is 0 Å². The van der Waals surface area contributed by atoms with Gasteiger partial charge in [0, 0.05) is 16.6 Å². The number of aryl methyl sites for hydroxylation is 3. The molecule has 3 aromatic rings. The van der Waals surface area contributed by atoms with Gasteiger partial charge in [-0.15, -0.1) is 0 Å². The van der Waals surface area contributed by atoms with Gasteiger partial charge in [-0.2, -0.15) is 5.10 Å². The van der Waals surface area contributed by atoms with Crippen molar-refractivity contribution in [3.8, 4) is 0 Å². The van der Waals surface area contributed by atoms with Crippen molar-refractivity contribution >= 4 is 28.5 Å². The van der Waals surface area contributed by atoms with E-state index in [1.807, 2.05) is 26.0 Å². The van der Waals surface area contributed by atoms with Crippen LogP contribution in [0.4, 0.5) is 0 Å². The van der Waals surface area contributed by atoms with E-state index >= 15 is 0 Å². The minimum atomic E-state index is -0.243. The third kappa shape index (κ3) is 2.40. The van der Waals surface area contributed by atoms with Crippen molar-refractivity contribution in [1.82, 2.24) is 15.5 Å². The summed E-state index contributed by atoms with van der Waals surface area (Å²) in [5.41, 5.74) is 5.76. The Balaban J connectivity index is 1.59. The number of benzene rings is 1. The van der Waals surface area contributed by atoms with Crippen LogP contribution in [0.5, 0.6) is 0 Å². The molecular weight excluding hydrogens is 326 g/mol. The number of H-pyrrole nitrogens is 1. The molecule has 1 amide bonds. The summed E-state index contributed by atoms with van der Waals surface area (Å²) in [7, 11) is 0. The monoisotopic (exact) mass is 343 g/mol. The van der Waals surface area contributed by atoms with E-state index in [0.29, 0.717) is 22.9 Å². The number of amides is 1. The lowest BCUT2D eigenvalue weighted by Gasteiger charge is -2.03. The summed E-state index contributed by atoms with van der Waals surface area (Å²) >= 11 is 6.23. The highest BCUT2D eigenvalue weighted by atomic mass is 35.5. The van der Waals surface area contributed by atoms with Crippen molar-refractivity contribution in [3.05, 3.63) is 51.0 Å². The smallest absolute Gasteiger partial charge is 0.287 e. The van der Waals surface area contributed by atoms with Crippen molar-refractivity contribution < 1.29 is 9.21 Å². The summed E-state index contributed by atoms with van der Waals surface area (Å²) in [5, 5.41) is 11.7. The molecule has 5 nitrogen and oxygen atoms in total. The van der Waals surface area contributed by atoms with Gasteiger partial charge in [0.25, 0.3) is 5.91 Å². The van der Waals surface area contributed by atoms with Gasteiger partial charge in [0.15, 0.2) is 11.3 Å². The van der Waals surface area contributed by atoms with Crippen LogP contribution < -0.4 is 5.32 Å². The third-order valence-electron chi connectivity index (χ3n) is 4.65. The number of halogens is 1. The van der Waals surface area contributed by atoms with Crippen LogP contribution in [0, 0.1) is 13.8 Å². The molecule has 0 radical (unpaired) electrons. The molecule has 2 N–H and O–H groups in total. The van der Waals surface area contributed by atoms with Crippen molar-refractivity contribution in [1.29, 1.82) is 0 Å². The van der Waals surface area contributed by atoms with Crippen LogP contribution in [-0.4, -0.2) is 16.1 Å². The Morgan fingerprint density at radius 3 is 3.04 bits per heavy atom. The first-order valence-corrected chi connectivity index (χ1v) is 8.45. The topological polar surface area (TPSA) is 70.9 Å². The van der Waals surface area contributed by atoms with Gasteiger partial charge >= 0.3 is 0 Å². The summed E-state index contributed by atoms with van der Waals surface area (Å²) in [6.45, 7) is 4.24. The molecule has 2 heterocycles. The van der Waals surface area contributed by atoms with E-state index in [-0.39, 0.29) is 5.91 Å². The Kier molecular flexibility index (Phi) is 3.61. The minimum Gasteiger partial charge on any atom is -0.449 e. The summed E-state index contributed by atoms with van der Waals surface area (Å²) in [6.07, 6.45) is 3.21. The number of fused-ring (bicyclic) bond motifs is 2. The molecule has 0 saturated heterocycles. The highest BCUT2D eigenvalue weighted by Gasteiger charge is 2.22. The largest absolute Gasteiger partial charge is 0.449 e. The van der Waals surface area contributed by atoms with E-state index in [1.54, 1.807) is 0 Å². The van der Waals surface area contributed by atoms with Gasteiger partial charge in [0.1, 0.15) is 0 Å². The van der Waals surface area contributed by atoms with E-state index in [0.717, 1.165) is 41.5 Å². The fraction of sp³-hybridized carbons (Fsp3) is 0.333. The molecule has 4 rings (SSSR count). The summed E-state index contributed by atoms with van der Waals surface area (Å²) in [6, 6.07) is 3.82. The molecule has 2 aromatic heterocycles. The fourth-order valence-corrected chi connectivity index (χ4v) is 3.72. The zero-order valence-corrected chi connectivity index (χ0v) is 14.4. The first-order chi connectivity index (χ1) is 11.5. The second-order valence-corrected chi connectivity index (χ2v) is 6.75. The van der Waals surface area contributed by atoms with Gasteiger partial charge in [-0.25, -0.2) is 0 Å². The van der Waals surface area contributed by atoms with Crippen LogP contribution >= 0.6 is 11.6 Å². The maximum atomic E-state index is 12.5. The standard InChI is InChI=1S/C18H18ClN3O2/c1-9-6-12-10(2)16(24-17(12)13(19)7-9)18(23)20-8-15-11-4-3-5-14(11)21-22-15/h6-7H,3-5,8H2,1-2H3,(H,20,23)(H,21,22). The average Bonchev–Trinajstić information content (AvgIpc) is 3.21. The van der Waals surface area contributed by atoms with Crippen LogP contribution in [0.1, 0.15) is 45.1 Å². The Labute approximate surface area is 144 Å². The number of furan rings is 1. The first kappa shape index (κ1) is 15.3. The SMILES string of the molecule is Cc1cc(Cl)c2oc(C(=O)NCc3n[nH]c4c3CCC4)c(C)c2c1. The van der Waals surface area contributed by atoms with Gasteiger partial charge in [-0.05, 0) is 56.4 Å². The van der Waals surface area contributed by atoms with Crippen LogP contribution in [0.25, 0.3) is 11.0 Å². The molecule has 1 aliphatic carbocycles.